The van der Waals surface area contributed by atoms with Gasteiger partial charge in [-0.05, 0) is 31.5 Å². The molecule has 0 aromatic heterocycles. The average molecular weight is 275 g/mol. The van der Waals surface area contributed by atoms with Gasteiger partial charge in [0, 0.05) is 11.7 Å². The summed E-state index contributed by atoms with van der Waals surface area (Å²) < 4.78 is 42.7. The highest BCUT2D eigenvalue weighted by Gasteiger charge is 2.32. The summed E-state index contributed by atoms with van der Waals surface area (Å²) in [4.78, 5) is 11.1. The average Bonchev–Trinajstić information content (AvgIpc) is 2.29. The van der Waals surface area contributed by atoms with Crippen molar-refractivity contribution in [3.05, 3.63) is 29.3 Å². The minimum absolute atomic E-state index is 0.0890. The summed E-state index contributed by atoms with van der Waals surface area (Å²) in [6.07, 6.45) is -4.29. The number of alkyl halides is 3. The predicted molar refractivity (Wildman–Crippen MR) is 65.9 cm³/mol. The summed E-state index contributed by atoms with van der Waals surface area (Å²) in [6, 6.07) is 3.69. The molecule has 19 heavy (non-hydrogen) atoms. The molecule has 3 nitrogen and oxygen atoms in total. The number of carbonyl (C=O) groups is 1. The molecule has 1 N–H and O–H groups in total. The number of rotatable bonds is 4. The van der Waals surface area contributed by atoms with Gasteiger partial charge < -0.3 is 10.1 Å². The van der Waals surface area contributed by atoms with Gasteiger partial charge in [-0.1, -0.05) is 6.07 Å². The van der Waals surface area contributed by atoms with E-state index in [-0.39, 0.29) is 18.0 Å². The normalized spacial score (nSPS) is 12.9. The van der Waals surface area contributed by atoms with Crippen LogP contribution in [0.3, 0.4) is 0 Å². The lowest BCUT2D eigenvalue weighted by Gasteiger charge is -2.17. The smallest absolute Gasteiger partial charge is 0.416 e. The molecule has 1 aromatic carbocycles. The summed E-state index contributed by atoms with van der Waals surface area (Å²) >= 11 is 0. The fraction of sp³-hybridized carbons (Fsp3) is 0.462. The summed E-state index contributed by atoms with van der Waals surface area (Å²) in [5, 5.41) is 2.85. The van der Waals surface area contributed by atoms with Crippen LogP contribution in [0.5, 0.6) is 0 Å². The fourth-order valence-electron chi connectivity index (χ4n) is 1.69. The van der Waals surface area contributed by atoms with Crippen LogP contribution >= 0.6 is 0 Å². The van der Waals surface area contributed by atoms with Crippen molar-refractivity contribution < 1.29 is 22.7 Å². The Morgan fingerprint density at radius 2 is 2.05 bits per heavy atom. The zero-order valence-electron chi connectivity index (χ0n) is 11.0. The summed E-state index contributed by atoms with van der Waals surface area (Å²) in [6.45, 7) is 3.11. The van der Waals surface area contributed by atoms with Crippen LogP contribution < -0.4 is 5.32 Å². The Balaban J connectivity index is 2.83. The van der Waals surface area contributed by atoms with E-state index in [9.17, 15) is 18.0 Å². The number of carbonyl (C=O) groups excluding carboxylic acids is 1. The summed E-state index contributed by atoms with van der Waals surface area (Å²) in [5.74, 6) is -0.414. The van der Waals surface area contributed by atoms with Crippen molar-refractivity contribution >= 4 is 11.7 Å². The summed E-state index contributed by atoms with van der Waals surface area (Å²) in [5.41, 5.74) is -0.184. The third-order valence-corrected chi connectivity index (χ3v) is 2.66. The number of esters is 1. The van der Waals surface area contributed by atoms with Crippen LogP contribution in [0, 0.1) is 6.92 Å². The molecule has 0 saturated heterocycles. The number of anilines is 1. The first-order valence-corrected chi connectivity index (χ1v) is 5.75. The van der Waals surface area contributed by atoms with E-state index in [0.29, 0.717) is 5.69 Å². The number of benzene rings is 1. The highest BCUT2D eigenvalue weighted by Crippen LogP contribution is 2.33. The van der Waals surface area contributed by atoms with Crippen molar-refractivity contribution in [2.75, 3.05) is 12.4 Å². The third-order valence-electron chi connectivity index (χ3n) is 2.66. The van der Waals surface area contributed by atoms with E-state index in [1.807, 2.05) is 0 Å². The van der Waals surface area contributed by atoms with Crippen LogP contribution in [0.4, 0.5) is 18.9 Å². The van der Waals surface area contributed by atoms with E-state index in [0.717, 1.165) is 6.07 Å². The van der Waals surface area contributed by atoms with E-state index < -0.39 is 17.7 Å². The molecule has 1 unspecified atom stereocenters. The largest absolute Gasteiger partial charge is 0.469 e. The topological polar surface area (TPSA) is 38.3 Å². The molecular formula is C13H16F3NO2. The summed E-state index contributed by atoms with van der Waals surface area (Å²) in [7, 11) is 1.27. The van der Waals surface area contributed by atoms with E-state index >= 15 is 0 Å². The highest BCUT2D eigenvalue weighted by atomic mass is 19.4. The quantitative estimate of drug-likeness (QED) is 0.856. The van der Waals surface area contributed by atoms with Gasteiger partial charge >= 0.3 is 12.1 Å². The highest BCUT2D eigenvalue weighted by molar-refractivity contribution is 5.70. The van der Waals surface area contributed by atoms with Gasteiger partial charge in [-0.3, -0.25) is 4.79 Å². The minimum Gasteiger partial charge on any atom is -0.469 e. The van der Waals surface area contributed by atoms with Gasteiger partial charge in [0.15, 0.2) is 0 Å². The lowest BCUT2D eigenvalue weighted by atomic mass is 10.1. The molecule has 0 bridgehead atoms. The molecule has 0 aliphatic rings. The van der Waals surface area contributed by atoms with Crippen LogP contribution in [-0.2, 0) is 15.7 Å². The number of halogens is 3. The first-order chi connectivity index (χ1) is 8.74. The minimum atomic E-state index is -4.38. The fourth-order valence-corrected chi connectivity index (χ4v) is 1.69. The molecule has 0 amide bonds. The standard InChI is InChI=1S/C13H16F3NO2/c1-8-4-5-10(7-11(8)13(14,15)16)17-9(2)6-12(18)19-3/h4-5,7,9,17H,6H2,1-3H3. The molecule has 6 heteroatoms. The molecule has 0 radical (unpaired) electrons. The van der Waals surface area contributed by atoms with Gasteiger partial charge in [0.05, 0.1) is 19.1 Å². The van der Waals surface area contributed by atoms with Gasteiger partial charge in [-0.25, -0.2) is 0 Å². The maximum Gasteiger partial charge on any atom is 0.416 e. The first-order valence-electron chi connectivity index (χ1n) is 5.75. The second kappa shape index (κ2) is 5.95. The van der Waals surface area contributed by atoms with Gasteiger partial charge in [-0.2, -0.15) is 13.2 Å². The molecule has 0 saturated carbocycles. The van der Waals surface area contributed by atoms with Crippen molar-refractivity contribution in [3.8, 4) is 0 Å². The molecular weight excluding hydrogens is 259 g/mol. The first kappa shape index (κ1) is 15.3. The SMILES string of the molecule is COC(=O)CC(C)Nc1ccc(C)c(C(F)(F)F)c1. The number of nitrogens with one attached hydrogen (secondary N) is 1. The number of ether oxygens (including phenoxy) is 1. The Labute approximate surface area is 109 Å². The Bertz CT molecular complexity index is 458. The van der Waals surface area contributed by atoms with Crippen LogP contribution in [0.2, 0.25) is 0 Å². The van der Waals surface area contributed by atoms with E-state index in [1.54, 1.807) is 13.0 Å². The van der Waals surface area contributed by atoms with E-state index in [4.69, 9.17) is 0 Å². The van der Waals surface area contributed by atoms with Crippen LogP contribution in [0.1, 0.15) is 24.5 Å². The van der Waals surface area contributed by atoms with Gasteiger partial charge in [0.1, 0.15) is 0 Å². The molecule has 106 valence electrons. The third kappa shape index (κ3) is 4.46. The maximum absolute atomic E-state index is 12.7. The molecule has 0 aliphatic heterocycles. The Morgan fingerprint density at radius 1 is 1.42 bits per heavy atom. The second-order valence-corrected chi connectivity index (χ2v) is 4.35. The Kier molecular flexibility index (Phi) is 4.80. The number of hydrogen-bond acceptors (Lipinski definition) is 3. The Hall–Kier alpha value is -1.72. The van der Waals surface area contributed by atoms with Crippen LogP contribution in [-0.4, -0.2) is 19.1 Å². The lowest BCUT2D eigenvalue weighted by Crippen LogP contribution is -2.20. The molecule has 0 spiro atoms. The number of methoxy groups -OCH3 is 1. The van der Waals surface area contributed by atoms with Crippen molar-refractivity contribution in [3.63, 3.8) is 0 Å². The number of hydrogen-bond donors (Lipinski definition) is 1. The predicted octanol–water partition coefficient (Wildman–Crippen LogP) is 3.38. The zero-order chi connectivity index (χ0) is 14.6. The molecule has 0 fully saturated rings. The van der Waals surface area contributed by atoms with Gasteiger partial charge in [-0.15, -0.1) is 0 Å². The maximum atomic E-state index is 12.7. The van der Waals surface area contributed by atoms with Crippen molar-refractivity contribution in [1.29, 1.82) is 0 Å². The van der Waals surface area contributed by atoms with Crippen LogP contribution in [0.15, 0.2) is 18.2 Å². The second-order valence-electron chi connectivity index (χ2n) is 4.35. The van der Waals surface area contributed by atoms with Gasteiger partial charge in [0.25, 0.3) is 0 Å². The van der Waals surface area contributed by atoms with E-state index in [2.05, 4.69) is 10.1 Å². The number of aryl methyl sites for hydroxylation is 1. The molecule has 1 rings (SSSR count). The van der Waals surface area contributed by atoms with Crippen molar-refractivity contribution in [1.82, 2.24) is 0 Å². The van der Waals surface area contributed by atoms with E-state index in [1.165, 1.54) is 20.1 Å². The van der Waals surface area contributed by atoms with Crippen molar-refractivity contribution in [2.24, 2.45) is 0 Å². The van der Waals surface area contributed by atoms with Crippen molar-refractivity contribution in [2.45, 2.75) is 32.5 Å². The zero-order valence-corrected chi connectivity index (χ0v) is 11.0. The molecule has 0 heterocycles. The van der Waals surface area contributed by atoms with Crippen LogP contribution in [0.25, 0.3) is 0 Å². The molecule has 0 aliphatic carbocycles. The molecule has 1 atom stereocenters. The monoisotopic (exact) mass is 275 g/mol. The molecule has 1 aromatic rings. The lowest BCUT2D eigenvalue weighted by molar-refractivity contribution is -0.141. The Morgan fingerprint density at radius 3 is 2.58 bits per heavy atom. The van der Waals surface area contributed by atoms with Gasteiger partial charge in [0.2, 0.25) is 0 Å².